The highest BCUT2D eigenvalue weighted by Crippen LogP contribution is 2.17. The molecular formula is C14H14FN3O. The first-order valence-corrected chi connectivity index (χ1v) is 5.76. The largest absolute Gasteiger partial charge is 0.398 e. The van der Waals surface area contributed by atoms with Crippen LogP contribution in [0, 0.1) is 5.82 Å². The molecule has 98 valence electrons. The number of benzene rings is 2. The van der Waals surface area contributed by atoms with E-state index in [9.17, 15) is 9.18 Å². The van der Waals surface area contributed by atoms with E-state index in [0.29, 0.717) is 22.5 Å². The summed E-state index contributed by atoms with van der Waals surface area (Å²) >= 11 is 0. The molecular weight excluding hydrogens is 245 g/mol. The van der Waals surface area contributed by atoms with Crippen LogP contribution in [-0.2, 0) is 6.54 Å². The molecule has 0 atom stereocenters. The summed E-state index contributed by atoms with van der Waals surface area (Å²) < 4.78 is 13.5. The molecule has 0 aliphatic heterocycles. The molecule has 1 amide bonds. The van der Waals surface area contributed by atoms with E-state index in [0.717, 1.165) is 0 Å². The average Bonchev–Trinajstić information content (AvgIpc) is 2.39. The molecule has 5 N–H and O–H groups in total. The number of carbonyl (C=O) groups is 1. The predicted octanol–water partition coefficient (Wildman–Crippen LogP) is 2.12. The number of nitrogens with one attached hydrogen (secondary N) is 1. The van der Waals surface area contributed by atoms with Gasteiger partial charge in [0.1, 0.15) is 5.82 Å². The number of para-hydroxylation sites is 1. The summed E-state index contributed by atoms with van der Waals surface area (Å²) in [7, 11) is 0. The Bertz CT molecular complexity index is 613. The molecule has 0 spiro atoms. The first-order chi connectivity index (χ1) is 9.11. The Kier molecular flexibility index (Phi) is 3.77. The smallest absolute Gasteiger partial charge is 0.257 e. The zero-order valence-corrected chi connectivity index (χ0v) is 10.2. The maximum atomic E-state index is 13.5. The Morgan fingerprint density at radius 3 is 2.58 bits per heavy atom. The SMILES string of the molecule is NCc1ccc(NC(=O)c2ccccc2N)cc1F. The first kappa shape index (κ1) is 13.0. The standard InChI is InChI=1S/C14H14FN3O/c15-12-7-10(6-5-9(12)8-16)18-14(19)11-3-1-2-4-13(11)17/h1-7H,8,16-17H2,(H,18,19). The molecule has 0 radical (unpaired) electrons. The van der Waals surface area contributed by atoms with Gasteiger partial charge in [-0.3, -0.25) is 4.79 Å². The van der Waals surface area contributed by atoms with Crippen LogP contribution < -0.4 is 16.8 Å². The van der Waals surface area contributed by atoms with Crippen LogP contribution in [-0.4, -0.2) is 5.91 Å². The Hall–Kier alpha value is -2.40. The van der Waals surface area contributed by atoms with Gasteiger partial charge in [-0.15, -0.1) is 0 Å². The molecule has 0 bridgehead atoms. The number of nitrogens with two attached hydrogens (primary N) is 2. The Morgan fingerprint density at radius 1 is 1.21 bits per heavy atom. The van der Waals surface area contributed by atoms with Gasteiger partial charge in [0.2, 0.25) is 0 Å². The second-order valence-corrected chi connectivity index (χ2v) is 4.05. The van der Waals surface area contributed by atoms with Gasteiger partial charge in [-0.25, -0.2) is 4.39 Å². The minimum Gasteiger partial charge on any atom is -0.398 e. The molecule has 5 heteroatoms. The number of rotatable bonds is 3. The van der Waals surface area contributed by atoms with E-state index in [-0.39, 0.29) is 12.5 Å². The molecule has 0 aromatic heterocycles. The van der Waals surface area contributed by atoms with Gasteiger partial charge in [0.05, 0.1) is 5.56 Å². The van der Waals surface area contributed by atoms with Crippen LogP contribution in [0.1, 0.15) is 15.9 Å². The highest BCUT2D eigenvalue weighted by atomic mass is 19.1. The zero-order chi connectivity index (χ0) is 13.8. The van der Waals surface area contributed by atoms with E-state index in [1.807, 2.05) is 0 Å². The van der Waals surface area contributed by atoms with E-state index in [2.05, 4.69) is 5.32 Å². The van der Waals surface area contributed by atoms with Crippen molar-refractivity contribution in [1.29, 1.82) is 0 Å². The fourth-order valence-corrected chi connectivity index (χ4v) is 1.69. The number of carbonyl (C=O) groups excluding carboxylic acids is 1. The first-order valence-electron chi connectivity index (χ1n) is 5.76. The highest BCUT2D eigenvalue weighted by Gasteiger charge is 2.10. The number of amides is 1. The highest BCUT2D eigenvalue weighted by molar-refractivity contribution is 6.07. The minimum absolute atomic E-state index is 0.117. The van der Waals surface area contributed by atoms with Crippen LogP contribution in [0.25, 0.3) is 0 Å². The molecule has 2 rings (SSSR count). The molecule has 0 heterocycles. The van der Waals surface area contributed by atoms with E-state index >= 15 is 0 Å². The van der Waals surface area contributed by atoms with Gasteiger partial charge in [0.15, 0.2) is 0 Å². The summed E-state index contributed by atoms with van der Waals surface area (Å²) in [6, 6.07) is 11.1. The van der Waals surface area contributed by atoms with Gasteiger partial charge in [-0.1, -0.05) is 18.2 Å². The molecule has 0 fully saturated rings. The van der Waals surface area contributed by atoms with Crippen molar-refractivity contribution in [3.63, 3.8) is 0 Å². The molecule has 0 unspecified atom stereocenters. The maximum absolute atomic E-state index is 13.5. The third kappa shape index (κ3) is 2.89. The van der Waals surface area contributed by atoms with Gasteiger partial charge >= 0.3 is 0 Å². The summed E-state index contributed by atoms with van der Waals surface area (Å²) in [5, 5.41) is 2.59. The lowest BCUT2D eigenvalue weighted by Gasteiger charge is -2.08. The number of hydrogen-bond acceptors (Lipinski definition) is 3. The molecule has 2 aromatic rings. The molecule has 0 aliphatic carbocycles. The lowest BCUT2D eigenvalue weighted by Crippen LogP contribution is -2.14. The van der Waals surface area contributed by atoms with Crippen molar-refractivity contribution in [2.45, 2.75) is 6.54 Å². The van der Waals surface area contributed by atoms with Crippen LogP contribution in [0.3, 0.4) is 0 Å². The van der Waals surface area contributed by atoms with Crippen molar-refractivity contribution in [1.82, 2.24) is 0 Å². The van der Waals surface area contributed by atoms with E-state index in [1.165, 1.54) is 6.07 Å². The van der Waals surface area contributed by atoms with Gasteiger partial charge in [0, 0.05) is 23.5 Å². The maximum Gasteiger partial charge on any atom is 0.257 e. The van der Waals surface area contributed by atoms with Crippen molar-refractivity contribution in [2.24, 2.45) is 5.73 Å². The van der Waals surface area contributed by atoms with Crippen LogP contribution in [0.5, 0.6) is 0 Å². The molecule has 4 nitrogen and oxygen atoms in total. The summed E-state index contributed by atoms with van der Waals surface area (Å²) in [4.78, 5) is 12.0. The third-order valence-corrected chi connectivity index (χ3v) is 2.74. The summed E-state index contributed by atoms with van der Waals surface area (Å²) in [6.07, 6.45) is 0. The van der Waals surface area contributed by atoms with Crippen LogP contribution in [0.4, 0.5) is 15.8 Å². The van der Waals surface area contributed by atoms with Crippen molar-refractivity contribution in [3.8, 4) is 0 Å². The number of halogens is 1. The Morgan fingerprint density at radius 2 is 1.95 bits per heavy atom. The molecule has 0 saturated carbocycles. The van der Waals surface area contributed by atoms with Gasteiger partial charge in [-0.2, -0.15) is 0 Å². The van der Waals surface area contributed by atoms with Gasteiger partial charge < -0.3 is 16.8 Å². The third-order valence-electron chi connectivity index (χ3n) is 2.74. The number of anilines is 2. The Labute approximate surface area is 110 Å². The minimum atomic E-state index is -0.443. The van der Waals surface area contributed by atoms with E-state index in [1.54, 1.807) is 36.4 Å². The van der Waals surface area contributed by atoms with Gasteiger partial charge in [0.25, 0.3) is 5.91 Å². The zero-order valence-electron chi connectivity index (χ0n) is 10.2. The fraction of sp³-hybridized carbons (Fsp3) is 0.0714. The quantitative estimate of drug-likeness (QED) is 0.738. The predicted molar refractivity (Wildman–Crippen MR) is 73.1 cm³/mol. The summed E-state index contributed by atoms with van der Waals surface area (Å²) in [5.41, 5.74) is 12.6. The normalized spacial score (nSPS) is 10.2. The van der Waals surface area contributed by atoms with Gasteiger partial charge in [-0.05, 0) is 24.3 Å². The van der Waals surface area contributed by atoms with Crippen molar-refractivity contribution in [2.75, 3.05) is 11.1 Å². The van der Waals surface area contributed by atoms with Crippen molar-refractivity contribution < 1.29 is 9.18 Å². The molecule has 0 aliphatic rings. The number of hydrogen-bond donors (Lipinski definition) is 3. The lowest BCUT2D eigenvalue weighted by molar-refractivity contribution is 0.102. The fourth-order valence-electron chi connectivity index (χ4n) is 1.69. The average molecular weight is 259 g/mol. The monoisotopic (exact) mass is 259 g/mol. The van der Waals surface area contributed by atoms with Crippen molar-refractivity contribution >= 4 is 17.3 Å². The van der Waals surface area contributed by atoms with E-state index < -0.39 is 5.82 Å². The molecule has 0 saturated heterocycles. The van der Waals surface area contributed by atoms with E-state index in [4.69, 9.17) is 11.5 Å². The van der Waals surface area contributed by atoms with Crippen LogP contribution >= 0.6 is 0 Å². The topological polar surface area (TPSA) is 81.1 Å². The second-order valence-electron chi connectivity index (χ2n) is 4.05. The summed E-state index contributed by atoms with van der Waals surface area (Å²) in [5.74, 6) is -0.820. The molecule has 2 aromatic carbocycles. The lowest BCUT2D eigenvalue weighted by atomic mass is 10.1. The van der Waals surface area contributed by atoms with Crippen molar-refractivity contribution in [3.05, 3.63) is 59.4 Å². The summed E-state index contributed by atoms with van der Waals surface area (Å²) in [6.45, 7) is 0.117. The second kappa shape index (κ2) is 5.49. The van der Waals surface area contributed by atoms with Crippen LogP contribution in [0.15, 0.2) is 42.5 Å². The molecule has 19 heavy (non-hydrogen) atoms. The van der Waals surface area contributed by atoms with Crippen LogP contribution in [0.2, 0.25) is 0 Å². The number of nitrogen functional groups attached to an aromatic ring is 1. The Balaban J connectivity index is 2.20.